The Morgan fingerprint density at radius 1 is 0.667 bits per heavy atom. The topological polar surface area (TPSA) is 51.5 Å². The Morgan fingerprint density at radius 2 is 1.26 bits per heavy atom. The van der Waals surface area contributed by atoms with Gasteiger partial charge in [-0.15, -0.1) is 0 Å². The van der Waals surface area contributed by atoms with Crippen LogP contribution in [0.3, 0.4) is 0 Å². The summed E-state index contributed by atoms with van der Waals surface area (Å²) in [6, 6.07) is 38.6. The van der Waals surface area contributed by atoms with Crippen LogP contribution in [0.25, 0.3) is 22.2 Å². The van der Waals surface area contributed by atoms with Crippen LogP contribution >= 0.6 is 0 Å². The van der Waals surface area contributed by atoms with E-state index in [1.165, 1.54) is 3.97 Å². The van der Waals surface area contributed by atoms with Crippen molar-refractivity contribution in [1.82, 2.24) is 3.97 Å². The predicted molar refractivity (Wildman–Crippen MR) is 168 cm³/mol. The average molecular weight is 571 g/mol. The lowest BCUT2D eigenvalue weighted by Gasteiger charge is -2.37. The first-order chi connectivity index (χ1) is 20.3. The number of rotatable bonds is 5. The van der Waals surface area contributed by atoms with Gasteiger partial charge in [-0.05, 0) is 67.8 Å². The van der Waals surface area contributed by atoms with E-state index in [0.29, 0.717) is 17.0 Å². The van der Waals surface area contributed by atoms with Crippen molar-refractivity contribution in [2.24, 2.45) is 0 Å². The van der Waals surface area contributed by atoms with Crippen LogP contribution in [0.15, 0.2) is 126 Å². The van der Waals surface area contributed by atoms with Gasteiger partial charge in [0.05, 0.1) is 27.2 Å². The number of aromatic nitrogens is 1. The van der Waals surface area contributed by atoms with E-state index < -0.39 is 16.1 Å². The number of aryl methyl sites for hydroxylation is 3. The van der Waals surface area contributed by atoms with Gasteiger partial charge in [0.1, 0.15) is 6.04 Å². The van der Waals surface area contributed by atoms with E-state index in [0.717, 1.165) is 44.5 Å². The number of benzene rings is 5. The largest absolute Gasteiger partial charge is 0.378 e. The third-order valence-corrected chi connectivity index (χ3v) is 9.71. The van der Waals surface area contributed by atoms with Gasteiger partial charge in [0.15, 0.2) is 5.75 Å². The summed E-state index contributed by atoms with van der Waals surface area (Å²) in [6.07, 6.45) is 0. The molecule has 0 spiro atoms. The number of para-hydroxylation sites is 1. The quantitative estimate of drug-likeness (QED) is 0.209. The van der Waals surface area contributed by atoms with Gasteiger partial charge in [0, 0.05) is 5.56 Å². The fraction of sp³-hybridized carbons (Fsp3) is 0.111. The molecule has 0 bridgehead atoms. The van der Waals surface area contributed by atoms with Crippen molar-refractivity contribution in [2.75, 3.05) is 5.06 Å². The number of nitrogens with zero attached hydrogens (tertiary/aromatic N) is 2. The summed E-state index contributed by atoms with van der Waals surface area (Å²) in [7, 11) is -4.00. The zero-order chi connectivity index (χ0) is 29.0. The van der Waals surface area contributed by atoms with E-state index >= 15 is 0 Å². The van der Waals surface area contributed by atoms with Crippen LogP contribution in [0.5, 0.6) is 5.75 Å². The molecule has 7 rings (SSSR count). The molecule has 5 nitrogen and oxygen atoms in total. The van der Waals surface area contributed by atoms with Gasteiger partial charge in [0.2, 0.25) is 0 Å². The molecule has 208 valence electrons. The molecule has 1 atom stereocenters. The third-order valence-electron chi connectivity index (χ3n) is 7.99. The van der Waals surface area contributed by atoms with Crippen LogP contribution in [0.4, 0.5) is 5.69 Å². The fourth-order valence-corrected chi connectivity index (χ4v) is 7.41. The molecule has 0 fully saturated rings. The highest BCUT2D eigenvalue weighted by Crippen LogP contribution is 2.52. The third kappa shape index (κ3) is 4.10. The van der Waals surface area contributed by atoms with Crippen LogP contribution in [0, 0.1) is 20.8 Å². The van der Waals surface area contributed by atoms with Crippen LogP contribution < -0.4 is 9.90 Å². The molecule has 0 radical (unpaired) electrons. The molecule has 0 saturated carbocycles. The van der Waals surface area contributed by atoms with Gasteiger partial charge >= 0.3 is 0 Å². The standard InChI is InChI=1S/C36H30N2O3S/c1-24-14-19-28(20-15-24)34-33-32-31(23-18-26(3)36(32)41-37(34)29-12-8-5-9-13-29)38(35(33)27-10-6-4-7-11-27)42(39,40)30-21-16-25(2)17-22-30/h4-23,34H,1-3H3. The summed E-state index contributed by atoms with van der Waals surface area (Å²) in [4.78, 5) is 7.02. The Labute approximate surface area is 246 Å². The second kappa shape index (κ2) is 9.93. The molecule has 0 saturated heterocycles. The number of anilines is 1. The van der Waals surface area contributed by atoms with E-state index in [9.17, 15) is 8.42 Å². The van der Waals surface area contributed by atoms with Gasteiger partial charge in [-0.2, -0.15) is 5.06 Å². The van der Waals surface area contributed by atoms with Crippen LogP contribution in [0.1, 0.15) is 33.9 Å². The van der Waals surface area contributed by atoms with Crippen LogP contribution in [0.2, 0.25) is 0 Å². The van der Waals surface area contributed by atoms with Crippen molar-refractivity contribution in [3.8, 4) is 17.0 Å². The summed E-state index contributed by atoms with van der Waals surface area (Å²) < 4.78 is 30.8. The fourth-order valence-electron chi connectivity index (χ4n) is 5.87. The van der Waals surface area contributed by atoms with Gasteiger partial charge in [0.25, 0.3) is 10.0 Å². The summed E-state index contributed by atoms with van der Waals surface area (Å²) in [5.74, 6) is 0.657. The van der Waals surface area contributed by atoms with Gasteiger partial charge in [-0.25, -0.2) is 12.4 Å². The summed E-state index contributed by atoms with van der Waals surface area (Å²) in [5, 5.41) is 2.73. The first kappa shape index (κ1) is 26.1. The van der Waals surface area contributed by atoms with Gasteiger partial charge in [-0.3, -0.25) is 0 Å². The minimum absolute atomic E-state index is 0.239. The minimum Gasteiger partial charge on any atom is -0.378 e. The lowest BCUT2D eigenvalue weighted by atomic mass is 9.90. The first-order valence-electron chi connectivity index (χ1n) is 14.0. The molecular formula is C36H30N2O3S. The summed E-state index contributed by atoms with van der Waals surface area (Å²) >= 11 is 0. The van der Waals surface area contributed by atoms with Crippen LogP contribution in [-0.4, -0.2) is 12.4 Å². The van der Waals surface area contributed by atoms with Crippen molar-refractivity contribution < 1.29 is 13.3 Å². The molecule has 0 amide bonds. The second-order valence-corrected chi connectivity index (χ2v) is 12.7. The summed E-state index contributed by atoms with van der Waals surface area (Å²) in [6.45, 7) is 6.02. The van der Waals surface area contributed by atoms with E-state index in [4.69, 9.17) is 4.84 Å². The Balaban J connectivity index is 1.65. The van der Waals surface area contributed by atoms with E-state index in [2.05, 4.69) is 31.2 Å². The van der Waals surface area contributed by atoms with Crippen molar-refractivity contribution in [3.63, 3.8) is 0 Å². The predicted octanol–water partition coefficient (Wildman–Crippen LogP) is 8.37. The minimum atomic E-state index is -4.00. The molecule has 1 aromatic heterocycles. The Morgan fingerprint density at radius 3 is 1.90 bits per heavy atom. The Hall–Kier alpha value is -4.81. The van der Waals surface area contributed by atoms with Gasteiger partial charge in [-0.1, -0.05) is 102 Å². The molecule has 42 heavy (non-hydrogen) atoms. The monoisotopic (exact) mass is 570 g/mol. The average Bonchev–Trinajstić information content (AvgIpc) is 3.37. The van der Waals surface area contributed by atoms with Crippen molar-refractivity contribution >= 4 is 26.6 Å². The normalized spacial score (nSPS) is 14.6. The maximum Gasteiger partial charge on any atom is 0.268 e. The lowest BCUT2D eigenvalue weighted by molar-refractivity contribution is 0.249. The highest BCUT2D eigenvalue weighted by molar-refractivity contribution is 7.90. The molecule has 2 heterocycles. The van der Waals surface area contributed by atoms with E-state index in [-0.39, 0.29) is 4.90 Å². The second-order valence-electron chi connectivity index (χ2n) is 10.9. The molecule has 6 heteroatoms. The first-order valence-corrected chi connectivity index (χ1v) is 15.4. The van der Waals surface area contributed by atoms with E-state index in [1.54, 1.807) is 12.1 Å². The van der Waals surface area contributed by atoms with Crippen molar-refractivity contribution in [2.45, 2.75) is 31.7 Å². The van der Waals surface area contributed by atoms with Crippen LogP contribution in [-0.2, 0) is 10.0 Å². The maximum absolute atomic E-state index is 14.6. The molecule has 0 aliphatic carbocycles. The molecule has 6 aromatic rings. The zero-order valence-corrected chi connectivity index (χ0v) is 24.5. The van der Waals surface area contributed by atoms with Crippen molar-refractivity contribution in [1.29, 1.82) is 0 Å². The number of hydrogen-bond acceptors (Lipinski definition) is 4. The molecule has 1 aliphatic rings. The summed E-state index contributed by atoms with van der Waals surface area (Å²) in [5.41, 5.74) is 7.88. The number of hydroxylamine groups is 1. The highest BCUT2D eigenvalue weighted by atomic mass is 32.2. The highest BCUT2D eigenvalue weighted by Gasteiger charge is 2.40. The molecular weight excluding hydrogens is 540 g/mol. The van der Waals surface area contributed by atoms with E-state index in [1.807, 2.05) is 104 Å². The maximum atomic E-state index is 14.6. The molecule has 1 aliphatic heterocycles. The lowest BCUT2D eigenvalue weighted by Crippen LogP contribution is -2.36. The zero-order valence-electron chi connectivity index (χ0n) is 23.7. The number of hydrogen-bond donors (Lipinski definition) is 0. The smallest absolute Gasteiger partial charge is 0.268 e. The van der Waals surface area contributed by atoms with Crippen molar-refractivity contribution in [3.05, 3.63) is 149 Å². The Bertz CT molecular complexity index is 2030. The molecule has 0 N–H and O–H groups in total. The molecule has 1 unspecified atom stereocenters. The molecule has 5 aromatic carbocycles. The SMILES string of the molecule is Cc1ccc(C2c3c(-c4ccccc4)n(S(=O)(=O)c4ccc(C)cc4)c4ccc(C)c(c34)ON2c2ccccc2)cc1. The van der Waals surface area contributed by atoms with Gasteiger partial charge < -0.3 is 4.84 Å². The Kier molecular flexibility index (Phi) is 6.17.